The number of carbonyl (C=O) groups excluding carboxylic acids is 6. The van der Waals surface area contributed by atoms with Crippen LogP contribution >= 0.6 is 0 Å². The minimum atomic E-state index is -3.38. The van der Waals surface area contributed by atoms with Crippen LogP contribution in [-0.4, -0.2) is 127 Å². The van der Waals surface area contributed by atoms with Gasteiger partial charge in [0.2, 0.25) is 11.4 Å². The van der Waals surface area contributed by atoms with Crippen LogP contribution in [-0.2, 0) is 69.1 Å². The molecule has 4 amide bonds. The van der Waals surface area contributed by atoms with E-state index in [2.05, 4.69) is 24.9 Å². The molecule has 2 aromatic heterocycles. The van der Waals surface area contributed by atoms with E-state index >= 15 is 24.0 Å². The number of imide groups is 2. The number of rotatable bonds is 21. The van der Waals surface area contributed by atoms with E-state index in [1.165, 1.54) is 14.0 Å². The number of nitrogen functional groups attached to an aromatic ring is 1. The maximum Gasteiger partial charge on any atom is 0.421 e. The van der Waals surface area contributed by atoms with Crippen molar-refractivity contribution in [2.45, 2.75) is 81.9 Å². The molecule has 10 N–H and O–H groups in total. The van der Waals surface area contributed by atoms with Crippen LogP contribution in [0.4, 0.5) is 15.4 Å². The van der Waals surface area contributed by atoms with Gasteiger partial charge >= 0.3 is 24.1 Å². The summed E-state index contributed by atoms with van der Waals surface area (Å²) in [4.78, 5) is 112. The Labute approximate surface area is 435 Å². The minimum Gasteiger partial charge on any atom is -0.497 e. The number of amides is 4. The number of aliphatic imine (C=N–C) groups is 1. The number of carbonyl (C=O) groups is 6. The summed E-state index contributed by atoms with van der Waals surface area (Å²) in [5.41, 5.74) is 22.7. The number of nitrogens with two attached hydrogens (primary N) is 4. The smallest absolute Gasteiger partial charge is 0.421 e. The molecule has 1 aliphatic rings. The third-order valence-electron chi connectivity index (χ3n) is 12.1. The lowest BCUT2D eigenvalue weighted by Crippen LogP contribution is -2.72. The fraction of sp³-hybridized carbons (Fsp3) is 0.308. The second kappa shape index (κ2) is 25.3. The number of ether oxygens (including phenoxy) is 6. The summed E-state index contributed by atoms with van der Waals surface area (Å²) in [7, 11) is 1.45. The summed E-state index contributed by atoms with van der Waals surface area (Å²) in [6.07, 6.45) is -9.76. The van der Waals surface area contributed by atoms with Crippen molar-refractivity contribution in [1.29, 1.82) is 0 Å². The van der Waals surface area contributed by atoms with Crippen LogP contribution in [0, 0.1) is 0 Å². The lowest BCUT2D eigenvalue weighted by atomic mass is 9.87. The van der Waals surface area contributed by atoms with E-state index < -0.39 is 110 Å². The molecule has 0 bridgehead atoms. The van der Waals surface area contributed by atoms with Gasteiger partial charge in [-0.3, -0.25) is 19.5 Å². The average Bonchev–Trinajstić information content (AvgIpc) is 4.03. The number of aliphatic hydroxyl groups is 1. The SMILES string of the molecule is CCOC(=O)[C@H]1O[C@@H](c2nc3ncnc(N)c3[nH]2)[C@H](O)[C@@H]1N(C(=O)[C@@H](N)Cc1ccc(OC)cc1)C(=O)[C@@](CCCN=C(N)N)(C(=O)OCc1ccccc1)N(C(=O)OCc1ccccc1)C(=O)OCc1ccccc1. The first-order chi connectivity index (χ1) is 36.7. The van der Waals surface area contributed by atoms with Crippen LogP contribution in [0.2, 0.25) is 0 Å². The molecule has 24 nitrogen and oxygen atoms in total. The van der Waals surface area contributed by atoms with Gasteiger partial charge in [0.15, 0.2) is 23.5 Å². The Morgan fingerprint density at radius 1 is 0.789 bits per heavy atom. The van der Waals surface area contributed by atoms with Gasteiger partial charge in [-0.05, 0) is 60.6 Å². The maximum atomic E-state index is 16.7. The Morgan fingerprint density at radius 3 is 1.88 bits per heavy atom. The maximum absolute atomic E-state index is 16.7. The van der Waals surface area contributed by atoms with Gasteiger partial charge in [0, 0.05) is 6.54 Å². The van der Waals surface area contributed by atoms with E-state index in [9.17, 15) is 9.90 Å². The van der Waals surface area contributed by atoms with E-state index in [0.717, 1.165) is 6.33 Å². The molecule has 4 aromatic carbocycles. The van der Waals surface area contributed by atoms with Crippen LogP contribution in [0.15, 0.2) is 127 Å². The van der Waals surface area contributed by atoms with Gasteiger partial charge in [0.1, 0.15) is 61.5 Å². The Balaban J connectivity index is 1.47. The van der Waals surface area contributed by atoms with Gasteiger partial charge in [-0.15, -0.1) is 0 Å². The van der Waals surface area contributed by atoms with E-state index in [4.69, 9.17) is 51.4 Å². The predicted molar refractivity (Wildman–Crippen MR) is 271 cm³/mol. The highest BCUT2D eigenvalue weighted by Gasteiger charge is 2.65. The van der Waals surface area contributed by atoms with E-state index in [-0.39, 0.29) is 47.3 Å². The van der Waals surface area contributed by atoms with E-state index in [0.29, 0.717) is 32.9 Å². The normalized spacial score (nSPS) is 17.1. The van der Waals surface area contributed by atoms with Gasteiger partial charge in [0.05, 0.1) is 19.8 Å². The van der Waals surface area contributed by atoms with Crippen molar-refractivity contribution in [1.82, 2.24) is 29.7 Å². The number of benzene rings is 4. The monoisotopic (exact) mass is 1040 g/mol. The molecule has 3 heterocycles. The number of aromatic nitrogens is 4. The highest BCUT2D eigenvalue weighted by molar-refractivity contribution is 6.17. The lowest BCUT2D eigenvalue weighted by molar-refractivity contribution is -0.174. The van der Waals surface area contributed by atoms with E-state index in [1.807, 2.05) is 0 Å². The zero-order valence-corrected chi connectivity index (χ0v) is 41.4. The molecule has 0 saturated carbocycles. The zero-order chi connectivity index (χ0) is 54.4. The first-order valence-electron chi connectivity index (χ1n) is 23.9. The topological polar surface area (TPSA) is 355 Å². The van der Waals surface area contributed by atoms with Gasteiger partial charge < -0.3 is 61.4 Å². The summed E-state index contributed by atoms with van der Waals surface area (Å²) in [5, 5.41) is 12.7. The third-order valence-corrected chi connectivity index (χ3v) is 12.1. The van der Waals surface area contributed by atoms with Crippen LogP contribution in [0.3, 0.4) is 0 Å². The van der Waals surface area contributed by atoms with Gasteiger partial charge in [-0.2, -0.15) is 4.90 Å². The molecule has 1 saturated heterocycles. The molecule has 0 aliphatic carbocycles. The van der Waals surface area contributed by atoms with Crippen LogP contribution in [0.5, 0.6) is 5.75 Å². The first kappa shape index (κ1) is 54.8. The molecule has 6 atom stereocenters. The van der Waals surface area contributed by atoms with Crippen molar-refractivity contribution < 1.29 is 62.3 Å². The number of nitrogens with zero attached hydrogens (tertiary/aromatic N) is 6. The number of H-pyrrole nitrogens is 1. The van der Waals surface area contributed by atoms with Crippen molar-refractivity contribution in [3.05, 3.63) is 150 Å². The van der Waals surface area contributed by atoms with Gasteiger partial charge in [-0.1, -0.05) is 103 Å². The number of hydrogen-bond acceptors (Lipinski definition) is 19. The molecular weight excluding hydrogens is 987 g/mol. The van der Waals surface area contributed by atoms with Gasteiger partial charge in [0.25, 0.3) is 5.91 Å². The Hall–Kier alpha value is -9.00. The summed E-state index contributed by atoms with van der Waals surface area (Å²) in [5.74, 6) is -6.08. The fourth-order valence-corrected chi connectivity index (χ4v) is 8.41. The minimum absolute atomic E-state index is 0.0135. The van der Waals surface area contributed by atoms with Crippen molar-refractivity contribution in [2.75, 3.05) is 26.0 Å². The Bertz CT molecular complexity index is 2950. The Morgan fingerprint density at radius 2 is 1.36 bits per heavy atom. The average molecular weight is 1040 g/mol. The summed E-state index contributed by atoms with van der Waals surface area (Å²) in [6, 6.07) is 27.1. The van der Waals surface area contributed by atoms with Crippen LogP contribution in [0.1, 0.15) is 53.9 Å². The van der Waals surface area contributed by atoms with E-state index in [1.54, 1.807) is 115 Å². The third kappa shape index (κ3) is 12.7. The highest BCUT2D eigenvalue weighted by Crippen LogP contribution is 2.40. The first-order valence-corrected chi connectivity index (χ1v) is 23.9. The van der Waals surface area contributed by atoms with Crippen molar-refractivity contribution >= 4 is 58.9 Å². The highest BCUT2D eigenvalue weighted by atomic mass is 16.6. The van der Waals surface area contributed by atoms with Crippen LogP contribution in [0.25, 0.3) is 11.2 Å². The zero-order valence-electron chi connectivity index (χ0n) is 41.4. The number of hydrogen-bond donors (Lipinski definition) is 6. The summed E-state index contributed by atoms with van der Waals surface area (Å²) < 4.78 is 34.4. The number of esters is 2. The molecule has 6 aromatic rings. The number of aliphatic hydroxyl groups excluding tert-OH is 1. The molecule has 0 spiro atoms. The number of methoxy groups -OCH3 is 1. The number of nitrogens with one attached hydrogen (secondary N) is 1. The van der Waals surface area contributed by atoms with Crippen molar-refractivity contribution in [3.63, 3.8) is 0 Å². The fourth-order valence-electron chi connectivity index (χ4n) is 8.41. The molecule has 398 valence electrons. The number of anilines is 1. The molecular formula is C52H57N11O13. The number of fused-ring (bicyclic) bond motifs is 1. The van der Waals surface area contributed by atoms with Crippen LogP contribution < -0.4 is 27.7 Å². The standard InChI is InChI=1S/C52H57N11O13/c1-3-72-46(66)40-38(39(64)41(76-40)44-60-37-42(54)58-30-59-43(37)61-44)62(45(65)36(53)26-31-20-22-35(71-2)23-21-31)47(67)52(24-13-25-57-49(55)56,48(68)73-27-32-14-7-4-8-15-32)63(50(69)74-28-33-16-9-5-10-17-33)51(70)75-29-34-18-11-6-12-19-34/h4-12,14-23,30,36,38-41,64H,3,13,24-29,53H2,1-2H3,(H4,55,56,57)(H3,54,58,59,60,61)/t36-,38-,39+,40-,41+,52-/m0/s1. The molecule has 1 fully saturated rings. The molecule has 76 heavy (non-hydrogen) atoms. The molecule has 1 aliphatic heterocycles. The Kier molecular flexibility index (Phi) is 18.2. The summed E-state index contributed by atoms with van der Waals surface area (Å²) >= 11 is 0. The summed E-state index contributed by atoms with van der Waals surface area (Å²) in [6.45, 7) is -0.760. The predicted octanol–water partition coefficient (Wildman–Crippen LogP) is 3.11. The quantitative estimate of drug-likeness (QED) is 0.0151. The molecule has 0 unspecified atom stereocenters. The molecule has 7 rings (SSSR count). The second-order valence-electron chi connectivity index (χ2n) is 17.2. The lowest BCUT2D eigenvalue weighted by Gasteiger charge is -2.42. The number of guanidine groups is 1. The number of imidazole rings is 1. The largest absolute Gasteiger partial charge is 0.497 e. The van der Waals surface area contributed by atoms with Crippen molar-refractivity contribution in [2.24, 2.45) is 22.2 Å². The number of aromatic amines is 1. The molecule has 0 radical (unpaired) electrons. The molecule has 24 heteroatoms. The van der Waals surface area contributed by atoms with Gasteiger partial charge in [-0.25, -0.2) is 34.1 Å². The second-order valence-corrected chi connectivity index (χ2v) is 17.2. The van der Waals surface area contributed by atoms with Crippen molar-refractivity contribution in [3.8, 4) is 5.75 Å².